The third kappa shape index (κ3) is 1.55. The van der Waals surface area contributed by atoms with Crippen LogP contribution in [0, 0.1) is 0 Å². The lowest BCUT2D eigenvalue weighted by Gasteiger charge is -2.49. The van der Waals surface area contributed by atoms with Gasteiger partial charge in [0.15, 0.2) is 0 Å². The van der Waals surface area contributed by atoms with Crippen LogP contribution in [-0.4, -0.2) is 48.5 Å². The van der Waals surface area contributed by atoms with Crippen LogP contribution in [0.2, 0.25) is 0 Å². The van der Waals surface area contributed by atoms with Crippen molar-refractivity contribution in [2.24, 2.45) is 0 Å². The van der Waals surface area contributed by atoms with Crippen molar-refractivity contribution >= 4 is 5.97 Å². The number of hydrogen-bond donors (Lipinski definition) is 1. The van der Waals surface area contributed by atoms with Gasteiger partial charge in [0.2, 0.25) is 0 Å². The molecule has 1 rings (SSSR count). The van der Waals surface area contributed by atoms with Gasteiger partial charge in [-0.3, -0.25) is 4.48 Å². The number of carboxylic acids is 1. The van der Waals surface area contributed by atoms with E-state index in [0.717, 1.165) is 13.0 Å². The maximum Gasteiger partial charge on any atom is 0.395 e. The summed E-state index contributed by atoms with van der Waals surface area (Å²) in [4.78, 5) is 11.1. The van der Waals surface area contributed by atoms with Gasteiger partial charge in [-0.1, -0.05) is 6.08 Å². The number of quaternary nitrogens is 1. The van der Waals surface area contributed by atoms with Crippen LogP contribution in [0.25, 0.3) is 0 Å². The fourth-order valence-electron chi connectivity index (χ4n) is 1.80. The number of nitrogens with zero attached hydrogens (tertiary/aromatic N) is 1. The van der Waals surface area contributed by atoms with E-state index in [4.69, 9.17) is 9.84 Å². The Morgan fingerprint density at radius 2 is 2.29 bits per heavy atom. The molecule has 0 aromatic carbocycles. The van der Waals surface area contributed by atoms with E-state index in [-0.39, 0.29) is 0 Å². The topological polar surface area (TPSA) is 46.5 Å². The summed E-state index contributed by atoms with van der Waals surface area (Å²) in [5, 5.41) is 9.15. The van der Waals surface area contributed by atoms with Gasteiger partial charge in [-0.15, -0.1) is 6.58 Å². The summed E-state index contributed by atoms with van der Waals surface area (Å²) in [7, 11) is 3.77. The highest BCUT2D eigenvalue weighted by Crippen LogP contribution is 2.34. The first kappa shape index (κ1) is 11.2. The largest absolute Gasteiger partial charge is 0.475 e. The summed E-state index contributed by atoms with van der Waals surface area (Å²) in [5.74, 6) is -0.863. The summed E-state index contributed by atoms with van der Waals surface area (Å²) < 4.78 is 5.64. The Balaban J connectivity index is 2.76. The van der Waals surface area contributed by atoms with Gasteiger partial charge < -0.3 is 9.84 Å². The Morgan fingerprint density at radius 1 is 1.71 bits per heavy atom. The maximum atomic E-state index is 11.1. The smallest absolute Gasteiger partial charge is 0.395 e. The van der Waals surface area contributed by atoms with Crippen molar-refractivity contribution in [3.05, 3.63) is 12.7 Å². The minimum Gasteiger partial charge on any atom is -0.475 e. The zero-order chi connectivity index (χ0) is 10.8. The molecule has 1 atom stereocenters. The Bertz CT molecular complexity index is 244. The first-order valence-corrected chi connectivity index (χ1v) is 4.77. The average molecular weight is 200 g/mol. The summed E-state index contributed by atoms with van der Waals surface area (Å²) >= 11 is 0. The summed E-state index contributed by atoms with van der Waals surface area (Å²) in [6.07, 6.45) is 3.19. The summed E-state index contributed by atoms with van der Waals surface area (Å²) in [5.41, 5.74) is -1.02. The molecule has 1 saturated heterocycles. The normalized spacial score (nSPS) is 26.7. The Labute approximate surface area is 84.4 Å². The number of ether oxygens (including phenoxy) is 1. The van der Waals surface area contributed by atoms with E-state index < -0.39 is 11.7 Å². The minimum atomic E-state index is -1.02. The number of hydrogen-bond acceptors (Lipinski definition) is 2. The SMILES string of the molecule is C=CCC[N+](C)(C)C1(C(=O)O)CCO1. The highest BCUT2D eigenvalue weighted by molar-refractivity contribution is 5.76. The zero-order valence-corrected chi connectivity index (χ0v) is 8.82. The number of rotatable bonds is 5. The molecule has 0 saturated carbocycles. The van der Waals surface area contributed by atoms with E-state index in [1.54, 1.807) is 6.08 Å². The summed E-state index contributed by atoms with van der Waals surface area (Å²) in [6, 6.07) is 0. The van der Waals surface area contributed by atoms with Crippen molar-refractivity contribution in [2.45, 2.75) is 18.6 Å². The van der Waals surface area contributed by atoms with Gasteiger partial charge in [-0.25, -0.2) is 4.79 Å². The predicted molar refractivity (Wildman–Crippen MR) is 52.7 cm³/mol. The Morgan fingerprint density at radius 3 is 2.57 bits per heavy atom. The Kier molecular flexibility index (Phi) is 2.97. The zero-order valence-electron chi connectivity index (χ0n) is 8.82. The average Bonchev–Trinajstić information content (AvgIpc) is 1.97. The third-order valence-corrected chi connectivity index (χ3v) is 2.99. The van der Waals surface area contributed by atoms with E-state index in [9.17, 15) is 4.79 Å². The fourth-order valence-corrected chi connectivity index (χ4v) is 1.80. The van der Waals surface area contributed by atoms with Crippen molar-refractivity contribution in [3.8, 4) is 0 Å². The van der Waals surface area contributed by atoms with E-state index in [2.05, 4.69) is 6.58 Å². The minimum absolute atomic E-state index is 0.356. The molecule has 14 heavy (non-hydrogen) atoms. The number of aliphatic carboxylic acids is 1. The molecule has 1 N–H and O–H groups in total. The van der Waals surface area contributed by atoms with Crippen LogP contribution in [0.4, 0.5) is 0 Å². The molecule has 0 bridgehead atoms. The molecule has 1 fully saturated rings. The lowest BCUT2D eigenvalue weighted by molar-refractivity contribution is -0.967. The number of carbonyl (C=O) groups is 1. The maximum absolute atomic E-state index is 11.1. The van der Waals surface area contributed by atoms with Crippen LogP contribution in [-0.2, 0) is 9.53 Å². The van der Waals surface area contributed by atoms with Gasteiger partial charge in [0.25, 0.3) is 0 Å². The molecular formula is C10H18NO3+. The molecule has 0 radical (unpaired) electrons. The molecule has 0 spiro atoms. The van der Waals surface area contributed by atoms with Gasteiger partial charge in [-0.2, -0.15) is 0 Å². The van der Waals surface area contributed by atoms with Gasteiger partial charge in [0.05, 0.1) is 33.7 Å². The van der Waals surface area contributed by atoms with Crippen LogP contribution >= 0.6 is 0 Å². The number of likely N-dealkylation sites (N-methyl/N-ethyl adjacent to an activating group) is 1. The van der Waals surface area contributed by atoms with Gasteiger partial charge in [0, 0.05) is 6.42 Å². The second kappa shape index (κ2) is 3.71. The molecule has 4 heteroatoms. The predicted octanol–water partition coefficient (Wildman–Crippen LogP) is 0.840. The summed E-state index contributed by atoms with van der Waals surface area (Å²) in [6.45, 7) is 4.91. The van der Waals surface area contributed by atoms with Crippen LogP contribution in [0.3, 0.4) is 0 Å². The molecule has 4 nitrogen and oxygen atoms in total. The second-order valence-electron chi connectivity index (χ2n) is 4.17. The highest BCUT2D eigenvalue weighted by atomic mass is 16.6. The molecule has 1 aliphatic heterocycles. The van der Waals surface area contributed by atoms with E-state index in [0.29, 0.717) is 17.5 Å². The second-order valence-corrected chi connectivity index (χ2v) is 4.17. The molecule has 0 aromatic heterocycles. The van der Waals surface area contributed by atoms with Crippen LogP contribution < -0.4 is 0 Å². The molecule has 80 valence electrons. The molecule has 1 unspecified atom stereocenters. The first-order valence-electron chi connectivity index (χ1n) is 4.77. The van der Waals surface area contributed by atoms with Gasteiger partial charge >= 0.3 is 11.7 Å². The highest BCUT2D eigenvalue weighted by Gasteiger charge is 2.59. The van der Waals surface area contributed by atoms with Gasteiger partial charge in [0.1, 0.15) is 0 Å². The molecule has 1 aliphatic rings. The lowest BCUT2D eigenvalue weighted by Crippen LogP contribution is -2.70. The molecule has 0 aromatic rings. The standard InChI is InChI=1S/C10H17NO3/c1-4-5-7-11(2,3)10(9(12)13)6-8-14-10/h4H,1,5-8H2,2-3H3/p+1. The van der Waals surface area contributed by atoms with Crippen molar-refractivity contribution in [1.82, 2.24) is 0 Å². The van der Waals surface area contributed by atoms with Crippen molar-refractivity contribution < 1.29 is 19.1 Å². The lowest BCUT2D eigenvalue weighted by atomic mass is 10.0. The Hall–Kier alpha value is -0.870. The fraction of sp³-hybridized carbons (Fsp3) is 0.700. The monoisotopic (exact) mass is 200 g/mol. The quantitative estimate of drug-likeness (QED) is 0.528. The molecule has 0 amide bonds. The van der Waals surface area contributed by atoms with E-state index in [1.807, 2.05) is 14.1 Å². The van der Waals surface area contributed by atoms with Crippen molar-refractivity contribution in [3.63, 3.8) is 0 Å². The first-order chi connectivity index (χ1) is 6.46. The van der Waals surface area contributed by atoms with E-state index >= 15 is 0 Å². The van der Waals surface area contributed by atoms with Crippen LogP contribution in [0.15, 0.2) is 12.7 Å². The number of carboxylic acid groups (broad SMARTS) is 1. The van der Waals surface area contributed by atoms with E-state index in [1.165, 1.54) is 0 Å². The molecule has 0 aliphatic carbocycles. The molecular weight excluding hydrogens is 182 g/mol. The van der Waals surface area contributed by atoms with Crippen molar-refractivity contribution in [1.29, 1.82) is 0 Å². The van der Waals surface area contributed by atoms with Crippen LogP contribution in [0.1, 0.15) is 12.8 Å². The van der Waals surface area contributed by atoms with Gasteiger partial charge in [-0.05, 0) is 0 Å². The molecule has 1 heterocycles. The van der Waals surface area contributed by atoms with Crippen LogP contribution in [0.5, 0.6) is 0 Å². The van der Waals surface area contributed by atoms with Crippen molar-refractivity contribution in [2.75, 3.05) is 27.2 Å². The third-order valence-electron chi connectivity index (χ3n) is 2.99.